The molecule has 0 saturated heterocycles. The van der Waals surface area contributed by atoms with Gasteiger partial charge in [0.05, 0.1) is 5.56 Å². The molecule has 1 heterocycles. The maximum atomic E-state index is 12.0. The molecule has 5 nitrogen and oxygen atoms in total. The van der Waals surface area contributed by atoms with Crippen molar-refractivity contribution in [2.24, 2.45) is 5.73 Å². The van der Waals surface area contributed by atoms with Crippen LogP contribution in [0.2, 0.25) is 0 Å². The van der Waals surface area contributed by atoms with Crippen molar-refractivity contribution in [1.82, 2.24) is 0 Å². The summed E-state index contributed by atoms with van der Waals surface area (Å²) in [6, 6.07) is 8.83. The Morgan fingerprint density at radius 2 is 2.00 bits per heavy atom. The van der Waals surface area contributed by atoms with E-state index in [1.807, 2.05) is 26.0 Å². The number of ether oxygens (including phenoxy) is 2. The summed E-state index contributed by atoms with van der Waals surface area (Å²) in [6.45, 7) is 3.80. The van der Waals surface area contributed by atoms with Crippen molar-refractivity contribution in [3.05, 3.63) is 51.2 Å². The summed E-state index contributed by atoms with van der Waals surface area (Å²) in [4.78, 5) is 24.8. The molecule has 22 heavy (non-hydrogen) atoms. The molecule has 1 aromatic carbocycles. The lowest BCUT2D eigenvalue weighted by Crippen LogP contribution is -2.20. The number of primary amides is 1. The molecule has 0 unspecified atom stereocenters. The molecule has 0 aliphatic rings. The van der Waals surface area contributed by atoms with Gasteiger partial charge in [-0.05, 0) is 37.6 Å². The third kappa shape index (κ3) is 4.33. The summed E-state index contributed by atoms with van der Waals surface area (Å²) in [5.74, 6) is -0.375. The van der Waals surface area contributed by atoms with Gasteiger partial charge < -0.3 is 15.2 Å². The van der Waals surface area contributed by atoms with Gasteiger partial charge in [-0.3, -0.25) is 4.79 Å². The van der Waals surface area contributed by atoms with Gasteiger partial charge in [0, 0.05) is 9.75 Å². The van der Waals surface area contributed by atoms with Gasteiger partial charge in [0.1, 0.15) is 12.4 Å². The Morgan fingerprint density at radius 1 is 1.23 bits per heavy atom. The Morgan fingerprint density at radius 3 is 2.64 bits per heavy atom. The van der Waals surface area contributed by atoms with Crippen LogP contribution in [0.25, 0.3) is 0 Å². The van der Waals surface area contributed by atoms with E-state index in [1.165, 1.54) is 0 Å². The minimum Gasteiger partial charge on any atom is -0.484 e. The first-order valence-electron chi connectivity index (χ1n) is 6.70. The van der Waals surface area contributed by atoms with Gasteiger partial charge in [-0.2, -0.15) is 0 Å². The molecule has 0 atom stereocenters. The number of aryl methyl sites for hydroxylation is 2. The molecule has 0 spiro atoms. The molecule has 6 heteroatoms. The predicted molar refractivity (Wildman–Crippen MR) is 84.0 cm³/mol. The summed E-state index contributed by atoms with van der Waals surface area (Å²) in [7, 11) is 0. The van der Waals surface area contributed by atoms with E-state index in [-0.39, 0.29) is 19.2 Å². The van der Waals surface area contributed by atoms with Gasteiger partial charge in [-0.25, -0.2) is 4.79 Å². The number of esters is 1. The fourth-order valence-corrected chi connectivity index (χ4v) is 2.85. The summed E-state index contributed by atoms with van der Waals surface area (Å²) < 4.78 is 10.5. The summed E-state index contributed by atoms with van der Waals surface area (Å²) >= 11 is 1.57. The Kier molecular flexibility index (Phi) is 5.16. The topological polar surface area (TPSA) is 78.6 Å². The van der Waals surface area contributed by atoms with Crippen molar-refractivity contribution >= 4 is 23.2 Å². The van der Waals surface area contributed by atoms with Crippen molar-refractivity contribution in [2.75, 3.05) is 6.61 Å². The van der Waals surface area contributed by atoms with E-state index in [0.717, 1.165) is 15.3 Å². The zero-order valence-electron chi connectivity index (χ0n) is 12.4. The number of amides is 1. The Balaban J connectivity index is 1.96. The number of carbonyl (C=O) groups is 2. The highest BCUT2D eigenvalue weighted by atomic mass is 32.1. The van der Waals surface area contributed by atoms with Crippen molar-refractivity contribution in [3.8, 4) is 5.75 Å². The molecule has 1 amide bonds. The second kappa shape index (κ2) is 7.09. The normalized spacial score (nSPS) is 10.3. The first-order valence-corrected chi connectivity index (χ1v) is 7.51. The molecule has 2 N–H and O–H groups in total. The number of benzene rings is 1. The number of nitrogens with two attached hydrogens (primary N) is 1. The van der Waals surface area contributed by atoms with Crippen LogP contribution in [0.3, 0.4) is 0 Å². The van der Waals surface area contributed by atoms with Crippen LogP contribution < -0.4 is 10.5 Å². The lowest BCUT2D eigenvalue weighted by molar-refractivity contribution is -0.119. The van der Waals surface area contributed by atoms with Gasteiger partial charge in [-0.15, -0.1) is 11.3 Å². The predicted octanol–water partition coefficient (Wildman–Crippen LogP) is 2.59. The van der Waals surface area contributed by atoms with Crippen LogP contribution in [0.4, 0.5) is 0 Å². The first kappa shape index (κ1) is 16.0. The zero-order chi connectivity index (χ0) is 16.1. The highest BCUT2D eigenvalue weighted by molar-refractivity contribution is 7.12. The van der Waals surface area contributed by atoms with Gasteiger partial charge >= 0.3 is 5.97 Å². The highest BCUT2D eigenvalue weighted by Crippen LogP contribution is 2.22. The van der Waals surface area contributed by atoms with Gasteiger partial charge in [0.2, 0.25) is 0 Å². The fourth-order valence-electron chi connectivity index (χ4n) is 1.94. The average molecular weight is 319 g/mol. The van der Waals surface area contributed by atoms with Crippen molar-refractivity contribution in [2.45, 2.75) is 20.5 Å². The van der Waals surface area contributed by atoms with E-state index in [4.69, 9.17) is 15.2 Å². The molecule has 0 radical (unpaired) electrons. The molecule has 1 aromatic heterocycles. The maximum Gasteiger partial charge on any atom is 0.339 e. The minimum absolute atomic E-state index is 0.140. The maximum absolute atomic E-state index is 12.0. The van der Waals surface area contributed by atoms with Gasteiger partial charge in [0.25, 0.3) is 5.91 Å². The van der Waals surface area contributed by atoms with Crippen LogP contribution in [-0.4, -0.2) is 18.5 Å². The summed E-state index contributed by atoms with van der Waals surface area (Å²) in [5, 5.41) is 0. The first-order chi connectivity index (χ1) is 10.5. The number of rotatable bonds is 6. The number of thiophene rings is 1. The standard InChI is InChI=1S/C16H17NO4S/c1-10-6-14(11(2)22-10)16(19)21-8-12-4-3-5-13(7-12)20-9-15(17)18/h3-7H,8-9H2,1-2H3,(H2,17,18). The van der Waals surface area contributed by atoms with E-state index < -0.39 is 5.91 Å². The monoisotopic (exact) mass is 319 g/mol. The molecule has 0 fully saturated rings. The quantitative estimate of drug-likeness (QED) is 0.830. The lowest BCUT2D eigenvalue weighted by Gasteiger charge is -2.07. The molecule has 2 rings (SSSR count). The molecular formula is C16H17NO4S. The molecule has 0 aliphatic heterocycles. The largest absolute Gasteiger partial charge is 0.484 e. The summed E-state index contributed by atoms with van der Waals surface area (Å²) in [5.41, 5.74) is 6.40. The molecule has 2 aromatic rings. The van der Waals surface area contributed by atoms with Crippen molar-refractivity contribution < 1.29 is 19.1 Å². The SMILES string of the molecule is Cc1cc(C(=O)OCc2cccc(OCC(N)=O)c2)c(C)s1. The number of carbonyl (C=O) groups excluding carboxylic acids is 2. The smallest absolute Gasteiger partial charge is 0.339 e. The third-order valence-electron chi connectivity index (χ3n) is 2.91. The van der Waals surface area contributed by atoms with Crippen LogP contribution in [0.15, 0.2) is 30.3 Å². The van der Waals surface area contributed by atoms with Gasteiger partial charge in [-0.1, -0.05) is 12.1 Å². The van der Waals surface area contributed by atoms with Crippen LogP contribution in [0.5, 0.6) is 5.75 Å². The Labute approximate surface area is 132 Å². The van der Waals surface area contributed by atoms with Crippen LogP contribution >= 0.6 is 11.3 Å². The molecule has 0 saturated carbocycles. The minimum atomic E-state index is -0.542. The molecule has 0 aliphatic carbocycles. The summed E-state index contributed by atoms with van der Waals surface area (Å²) in [6.07, 6.45) is 0. The van der Waals surface area contributed by atoms with Crippen molar-refractivity contribution in [1.29, 1.82) is 0 Å². The molecule has 0 bridgehead atoms. The van der Waals surface area contributed by atoms with E-state index in [9.17, 15) is 9.59 Å². The second-order valence-electron chi connectivity index (χ2n) is 4.81. The van der Waals surface area contributed by atoms with Crippen LogP contribution in [-0.2, 0) is 16.1 Å². The van der Waals surface area contributed by atoms with Crippen molar-refractivity contribution in [3.63, 3.8) is 0 Å². The van der Waals surface area contributed by atoms with Gasteiger partial charge in [0.15, 0.2) is 6.61 Å². The lowest BCUT2D eigenvalue weighted by atomic mass is 10.2. The Bertz CT molecular complexity index is 693. The second-order valence-corrected chi connectivity index (χ2v) is 6.27. The van der Waals surface area contributed by atoms with Crippen LogP contribution in [0, 0.1) is 13.8 Å². The molecular weight excluding hydrogens is 302 g/mol. The highest BCUT2D eigenvalue weighted by Gasteiger charge is 2.13. The zero-order valence-corrected chi connectivity index (χ0v) is 13.2. The average Bonchev–Trinajstić information content (AvgIpc) is 2.82. The fraction of sp³-hybridized carbons (Fsp3) is 0.250. The molecule has 116 valence electrons. The Hall–Kier alpha value is -2.34. The van der Waals surface area contributed by atoms with Crippen LogP contribution in [0.1, 0.15) is 25.7 Å². The number of hydrogen-bond donors (Lipinski definition) is 1. The van der Waals surface area contributed by atoms with E-state index in [0.29, 0.717) is 11.3 Å². The van der Waals surface area contributed by atoms with E-state index >= 15 is 0 Å². The van der Waals surface area contributed by atoms with E-state index in [2.05, 4.69) is 0 Å². The van der Waals surface area contributed by atoms with E-state index in [1.54, 1.807) is 29.5 Å². The number of hydrogen-bond acceptors (Lipinski definition) is 5. The third-order valence-corrected chi connectivity index (χ3v) is 3.88.